The van der Waals surface area contributed by atoms with E-state index >= 15 is 0 Å². The van der Waals surface area contributed by atoms with Crippen molar-refractivity contribution in [3.8, 4) is 22.3 Å². The van der Waals surface area contributed by atoms with E-state index in [0.717, 1.165) is 27.9 Å². The number of benzene rings is 5. The lowest BCUT2D eigenvalue weighted by molar-refractivity contribution is 0.660. The lowest BCUT2D eigenvalue weighted by atomic mass is 9.81. The summed E-state index contributed by atoms with van der Waals surface area (Å²) < 4.78 is 0. The molecule has 0 saturated heterocycles. The quantitative estimate of drug-likeness (QED) is 0.168. The van der Waals surface area contributed by atoms with Crippen molar-refractivity contribution >= 4 is 17.9 Å². The number of fused-ring (bicyclic) bond motifs is 3. The zero-order chi connectivity index (χ0) is 27.5. The molecule has 4 nitrogen and oxygen atoms in total. The van der Waals surface area contributed by atoms with Crippen molar-refractivity contribution in [2.24, 2.45) is 15.7 Å². The molecule has 3 N–H and O–H groups in total. The van der Waals surface area contributed by atoms with Crippen molar-refractivity contribution in [2.45, 2.75) is 25.4 Å². The van der Waals surface area contributed by atoms with E-state index in [4.69, 9.17) is 15.7 Å². The Morgan fingerprint density at radius 3 is 2.05 bits per heavy atom. The second-order valence-electron chi connectivity index (χ2n) is 10.6. The fourth-order valence-corrected chi connectivity index (χ4v) is 5.54. The van der Waals surface area contributed by atoms with Gasteiger partial charge in [0.1, 0.15) is 5.84 Å². The van der Waals surface area contributed by atoms with Crippen LogP contribution in [0.1, 0.15) is 42.3 Å². The van der Waals surface area contributed by atoms with Crippen LogP contribution in [0.4, 0.5) is 5.69 Å². The maximum absolute atomic E-state index is 6.40. The molecule has 0 amide bonds. The number of aliphatic imine (C=N–C) groups is 2. The molecule has 1 unspecified atom stereocenters. The molecule has 0 saturated carbocycles. The second-order valence-corrected chi connectivity index (χ2v) is 10.6. The molecule has 0 heterocycles. The summed E-state index contributed by atoms with van der Waals surface area (Å²) in [5, 5.41) is 3.51. The lowest BCUT2D eigenvalue weighted by Crippen LogP contribution is -2.15. The fourth-order valence-electron chi connectivity index (χ4n) is 5.54. The van der Waals surface area contributed by atoms with Crippen molar-refractivity contribution in [1.82, 2.24) is 0 Å². The van der Waals surface area contributed by atoms with Gasteiger partial charge in [0.25, 0.3) is 0 Å². The van der Waals surface area contributed by atoms with E-state index in [1.54, 1.807) is 6.34 Å². The molecule has 0 radical (unpaired) electrons. The summed E-state index contributed by atoms with van der Waals surface area (Å²) in [6.07, 6.45) is 1.27. The van der Waals surface area contributed by atoms with Gasteiger partial charge in [0.15, 0.2) is 6.17 Å². The molecule has 0 fully saturated rings. The number of rotatable bonds is 7. The Bertz CT molecular complexity index is 1690. The number of nitrogens with zero attached hydrogens (tertiary/aromatic N) is 2. The Hall–Kier alpha value is -4.96. The van der Waals surface area contributed by atoms with E-state index in [9.17, 15) is 0 Å². The smallest absolute Gasteiger partial charge is 0.169 e. The molecule has 1 aliphatic carbocycles. The number of nitrogens with two attached hydrogens (primary N) is 1. The second kappa shape index (κ2) is 10.7. The third-order valence-corrected chi connectivity index (χ3v) is 7.67. The molecule has 1 atom stereocenters. The topological polar surface area (TPSA) is 62.8 Å². The summed E-state index contributed by atoms with van der Waals surface area (Å²) in [4.78, 5) is 9.64. The normalized spacial score (nSPS) is 14.5. The average molecular weight is 521 g/mol. The first-order valence-corrected chi connectivity index (χ1v) is 13.6. The highest BCUT2D eigenvalue weighted by molar-refractivity contribution is 5.98. The van der Waals surface area contributed by atoms with Crippen LogP contribution in [0.3, 0.4) is 0 Å². The minimum Gasteiger partial charge on any atom is -0.383 e. The van der Waals surface area contributed by atoms with Crippen molar-refractivity contribution in [3.63, 3.8) is 0 Å². The van der Waals surface area contributed by atoms with Gasteiger partial charge in [-0.15, -0.1) is 0 Å². The predicted molar refractivity (Wildman–Crippen MR) is 168 cm³/mol. The number of nitrogens with one attached hydrogen (secondary N) is 1. The lowest BCUT2D eigenvalue weighted by Gasteiger charge is -2.23. The Morgan fingerprint density at radius 1 is 0.700 bits per heavy atom. The van der Waals surface area contributed by atoms with Crippen molar-refractivity contribution < 1.29 is 0 Å². The molecule has 1 aliphatic rings. The SMILES string of the molecule is CC1(C)c2ccccc2-c2cc(NC=NC(N=C(N)c3ccccc3)c3ccccc3)c(-c3ccccc3)cc21. The van der Waals surface area contributed by atoms with Crippen molar-refractivity contribution in [2.75, 3.05) is 5.32 Å². The van der Waals surface area contributed by atoms with Crippen molar-refractivity contribution in [3.05, 3.63) is 150 Å². The van der Waals surface area contributed by atoms with Crippen LogP contribution < -0.4 is 11.1 Å². The van der Waals surface area contributed by atoms with Gasteiger partial charge in [-0.1, -0.05) is 129 Å². The van der Waals surface area contributed by atoms with Crippen LogP contribution in [-0.4, -0.2) is 12.2 Å². The Kier molecular flexibility index (Phi) is 6.75. The molecule has 5 aromatic carbocycles. The standard InChI is InChI=1S/C36H32N4/c1-36(2)31-21-13-12-20-28(31)30-23-33(29(22-32(30)36)25-14-6-3-7-15-25)38-24-39-35(27-18-10-5-11-19-27)40-34(37)26-16-8-4-9-17-26/h3-24,35H,1-2H3,(H2,37,40)(H,38,39). The Morgan fingerprint density at radius 2 is 1.32 bits per heavy atom. The van der Waals surface area contributed by atoms with Crippen LogP contribution in [0.5, 0.6) is 0 Å². The molecule has 4 heteroatoms. The molecule has 0 aromatic heterocycles. The molecule has 0 spiro atoms. The molecule has 6 rings (SSSR count). The van der Waals surface area contributed by atoms with Crippen LogP contribution in [0.2, 0.25) is 0 Å². The van der Waals surface area contributed by atoms with Crippen molar-refractivity contribution in [1.29, 1.82) is 0 Å². The van der Waals surface area contributed by atoms with Gasteiger partial charge < -0.3 is 11.1 Å². The Labute approximate surface area is 236 Å². The highest BCUT2D eigenvalue weighted by Gasteiger charge is 2.36. The van der Waals surface area contributed by atoms with E-state index in [2.05, 4.69) is 79.8 Å². The van der Waals surface area contributed by atoms with Crippen LogP contribution >= 0.6 is 0 Å². The van der Waals surface area contributed by atoms with Crippen LogP contribution in [0, 0.1) is 0 Å². The molecule has 5 aromatic rings. The molecular formula is C36H32N4. The first-order chi connectivity index (χ1) is 19.5. The average Bonchev–Trinajstić information content (AvgIpc) is 3.23. The van der Waals surface area contributed by atoms with Gasteiger partial charge in [-0.2, -0.15) is 0 Å². The van der Waals surface area contributed by atoms with Gasteiger partial charge in [0.05, 0.1) is 6.34 Å². The van der Waals surface area contributed by atoms with Crippen LogP contribution in [-0.2, 0) is 5.41 Å². The Balaban J connectivity index is 1.40. The molecular weight excluding hydrogens is 488 g/mol. The van der Waals surface area contributed by atoms with E-state index < -0.39 is 6.17 Å². The van der Waals surface area contributed by atoms with Gasteiger partial charge in [-0.25, -0.2) is 9.98 Å². The first kappa shape index (κ1) is 25.3. The summed E-state index contributed by atoms with van der Waals surface area (Å²) in [6.45, 7) is 4.61. The zero-order valence-electron chi connectivity index (χ0n) is 22.8. The summed E-state index contributed by atoms with van der Waals surface area (Å²) in [6, 6.07) is 43.6. The molecule has 40 heavy (non-hydrogen) atoms. The van der Waals surface area contributed by atoms with E-state index in [1.807, 2.05) is 66.7 Å². The van der Waals surface area contributed by atoms with Crippen LogP contribution in [0.15, 0.2) is 137 Å². The number of hydrogen-bond acceptors (Lipinski definition) is 2. The highest BCUT2D eigenvalue weighted by Crippen LogP contribution is 2.51. The third-order valence-electron chi connectivity index (χ3n) is 7.67. The highest BCUT2D eigenvalue weighted by atomic mass is 15.1. The third kappa shape index (κ3) is 4.80. The maximum Gasteiger partial charge on any atom is 0.169 e. The largest absolute Gasteiger partial charge is 0.383 e. The fraction of sp³-hybridized carbons (Fsp3) is 0.111. The predicted octanol–water partition coefficient (Wildman–Crippen LogP) is 8.20. The van der Waals surface area contributed by atoms with E-state index in [1.165, 1.54) is 22.3 Å². The number of hydrogen-bond donors (Lipinski definition) is 2. The molecule has 0 bridgehead atoms. The number of amidine groups is 1. The van der Waals surface area contributed by atoms with E-state index in [0.29, 0.717) is 5.84 Å². The van der Waals surface area contributed by atoms with Gasteiger partial charge in [0, 0.05) is 22.2 Å². The summed E-state index contributed by atoms with van der Waals surface area (Å²) >= 11 is 0. The molecule has 0 aliphatic heterocycles. The minimum atomic E-state index is -0.483. The van der Waals surface area contributed by atoms with Gasteiger partial charge in [0.2, 0.25) is 0 Å². The maximum atomic E-state index is 6.40. The minimum absolute atomic E-state index is 0.0792. The van der Waals surface area contributed by atoms with Gasteiger partial charge >= 0.3 is 0 Å². The zero-order valence-corrected chi connectivity index (χ0v) is 22.8. The first-order valence-electron chi connectivity index (χ1n) is 13.6. The summed E-state index contributed by atoms with van der Waals surface area (Å²) in [7, 11) is 0. The van der Waals surface area contributed by atoms with Gasteiger partial charge in [-0.3, -0.25) is 0 Å². The van der Waals surface area contributed by atoms with Gasteiger partial charge in [-0.05, 0) is 45.5 Å². The summed E-state index contributed by atoms with van der Waals surface area (Å²) in [5.74, 6) is 0.452. The monoisotopic (exact) mass is 520 g/mol. The van der Waals surface area contributed by atoms with E-state index in [-0.39, 0.29) is 5.41 Å². The molecule has 196 valence electrons. The number of anilines is 1. The summed E-state index contributed by atoms with van der Waals surface area (Å²) in [5.41, 5.74) is 16.7. The van der Waals surface area contributed by atoms with Crippen LogP contribution in [0.25, 0.3) is 22.3 Å².